The fourth-order valence-corrected chi connectivity index (χ4v) is 3.34. The summed E-state index contributed by atoms with van der Waals surface area (Å²) in [5.74, 6) is 1.20. The Balaban J connectivity index is 2.42. The molecule has 2 rings (SSSR count). The number of carbonyl (C=O) groups is 1. The fourth-order valence-electron chi connectivity index (χ4n) is 3.34. The molecular formula is C20H35N7O2. The molecule has 2 heterocycles. The number of aromatic nitrogens is 4. The number of hydrogen-bond acceptors (Lipinski definition) is 8. The van der Waals surface area contributed by atoms with E-state index in [1.54, 1.807) is 4.52 Å². The van der Waals surface area contributed by atoms with Crippen molar-refractivity contribution in [3.8, 4) is 0 Å². The van der Waals surface area contributed by atoms with Crippen molar-refractivity contribution in [2.75, 3.05) is 65.9 Å². The highest BCUT2D eigenvalue weighted by Crippen LogP contribution is 2.25. The monoisotopic (exact) mass is 405 g/mol. The largest absolute Gasteiger partial charge is 0.466 e. The lowest BCUT2D eigenvalue weighted by Gasteiger charge is -2.29. The smallest absolute Gasteiger partial charge is 0.310 e. The van der Waals surface area contributed by atoms with Crippen molar-refractivity contribution in [1.29, 1.82) is 0 Å². The minimum atomic E-state index is -0.250. The number of carbonyl (C=O) groups excluding carboxylic acids is 1. The van der Waals surface area contributed by atoms with Crippen LogP contribution in [0.5, 0.6) is 0 Å². The maximum absolute atomic E-state index is 12.3. The molecule has 2 aromatic heterocycles. The van der Waals surface area contributed by atoms with Gasteiger partial charge in [0, 0.05) is 24.3 Å². The van der Waals surface area contributed by atoms with Crippen LogP contribution < -0.4 is 4.90 Å². The quantitative estimate of drug-likeness (QED) is 0.488. The summed E-state index contributed by atoms with van der Waals surface area (Å²) in [5.41, 5.74) is 1.65. The van der Waals surface area contributed by atoms with Crippen LogP contribution in [-0.2, 0) is 16.0 Å². The Kier molecular flexibility index (Phi) is 8.78. The van der Waals surface area contributed by atoms with E-state index >= 15 is 0 Å². The summed E-state index contributed by atoms with van der Waals surface area (Å²) < 4.78 is 6.97. The average Bonchev–Trinajstić information content (AvgIpc) is 3.08. The molecule has 29 heavy (non-hydrogen) atoms. The second-order valence-corrected chi connectivity index (χ2v) is 7.75. The molecule has 9 nitrogen and oxygen atoms in total. The minimum Gasteiger partial charge on any atom is -0.466 e. The first-order valence-corrected chi connectivity index (χ1v) is 10.2. The number of anilines is 1. The number of hydrogen-bond donors (Lipinski definition) is 0. The van der Waals surface area contributed by atoms with Crippen LogP contribution in [0.15, 0.2) is 6.33 Å². The Hall–Kier alpha value is -2.26. The van der Waals surface area contributed by atoms with Gasteiger partial charge in [0.25, 0.3) is 5.78 Å². The highest BCUT2D eigenvalue weighted by atomic mass is 16.5. The van der Waals surface area contributed by atoms with Gasteiger partial charge < -0.3 is 19.4 Å². The topological polar surface area (TPSA) is 79.1 Å². The molecule has 0 amide bonds. The number of ether oxygens (including phenoxy) is 1. The summed E-state index contributed by atoms with van der Waals surface area (Å²) in [5, 5.41) is 4.41. The Bertz CT molecular complexity index is 774. The molecule has 9 heteroatoms. The number of fused-ring (bicyclic) bond motifs is 1. The maximum Gasteiger partial charge on any atom is 0.310 e. The molecule has 0 N–H and O–H groups in total. The molecule has 162 valence electrons. The lowest BCUT2D eigenvalue weighted by Crippen LogP contribution is -2.33. The first-order chi connectivity index (χ1) is 13.8. The summed E-state index contributed by atoms with van der Waals surface area (Å²) in [7, 11) is 8.31. The summed E-state index contributed by atoms with van der Waals surface area (Å²) in [6.07, 6.45) is 3.70. The predicted octanol–water partition coefficient (Wildman–Crippen LogP) is 1.25. The molecule has 0 bridgehead atoms. The van der Waals surface area contributed by atoms with Crippen LogP contribution in [0.3, 0.4) is 0 Å². The normalized spacial score (nSPS) is 11.6. The van der Waals surface area contributed by atoms with Crippen LogP contribution >= 0.6 is 0 Å². The molecule has 0 spiro atoms. The van der Waals surface area contributed by atoms with E-state index in [4.69, 9.17) is 4.74 Å². The van der Waals surface area contributed by atoms with Crippen molar-refractivity contribution in [2.45, 2.75) is 33.1 Å². The molecular weight excluding hydrogens is 370 g/mol. The minimum absolute atomic E-state index is 0.176. The first kappa shape index (κ1) is 23.0. The van der Waals surface area contributed by atoms with E-state index in [1.807, 2.05) is 13.8 Å². The van der Waals surface area contributed by atoms with Crippen LogP contribution in [0.1, 0.15) is 31.0 Å². The third kappa shape index (κ3) is 6.64. The second kappa shape index (κ2) is 11.1. The highest BCUT2D eigenvalue weighted by molar-refractivity contribution is 5.75. The number of nitrogens with zero attached hydrogens (tertiary/aromatic N) is 7. The third-order valence-electron chi connectivity index (χ3n) is 4.70. The van der Waals surface area contributed by atoms with Gasteiger partial charge in [0.1, 0.15) is 12.1 Å². The van der Waals surface area contributed by atoms with Gasteiger partial charge in [0.15, 0.2) is 0 Å². The number of rotatable bonds is 12. The van der Waals surface area contributed by atoms with Crippen molar-refractivity contribution < 1.29 is 9.53 Å². The zero-order valence-electron chi connectivity index (χ0n) is 18.7. The van der Waals surface area contributed by atoms with Crippen molar-refractivity contribution in [3.05, 3.63) is 17.6 Å². The standard InChI is InChI=1S/C20H35N7O2/c1-7-29-18(28)14-17-16(2)23-20-21-15-22-27(20)19(17)26(12-8-10-24(3)4)13-9-11-25(5)6/h15H,7-14H2,1-6H3. The molecule has 0 aromatic carbocycles. The Morgan fingerprint density at radius 2 is 1.69 bits per heavy atom. The van der Waals surface area contributed by atoms with Crippen LogP contribution in [-0.4, -0.2) is 96.3 Å². The SMILES string of the molecule is CCOC(=O)Cc1c(C)nc2ncnn2c1N(CCCN(C)C)CCCN(C)C. The van der Waals surface area contributed by atoms with Crippen LogP contribution in [0.4, 0.5) is 5.82 Å². The van der Waals surface area contributed by atoms with E-state index in [1.165, 1.54) is 6.33 Å². The number of aryl methyl sites for hydroxylation is 1. The van der Waals surface area contributed by atoms with E-state index in [-0.39, 0.29) is 12.4 Å². The van der Waals surface area contributed by atoms with Gasteiger partial charge >= 0.3 is 5.97 Å². The highest BCUT2D eigenvalue weighted by Gasteiger charge is 2.22. The summed E-state index contributed by atoms with van der Waals surface area (Å²) in [6, 6.07) is 0. The summed E-state index contributed by atoms with van der Waals surface area (Å²) in [4.78, 5) is 27.8. The summed E-state index contributed by atoms with van der Waals surface area (Å²) in [6.45, 7) is 7.80. The van der Waals surface area contributed by atoms with E-state index in [2.05, 4.69) is 58.0 Å². The van der Waals surface area contributed by atoms with E-state index in [0.717, 1.165) is 56.1 Å². The molecule has 0 saturated carbocycles. The Morgan fingerprint density at radius 1 is 1.07 bits per heavy atom. The van der Waals surface area contributed by atoms with Crippen LogP contribution in [0.2, 0.25) is 0 Å². The maximum atomic E-state index is 12.3. The fraction of sp³-hybridized carbons (Fsp3) is 0.700. The summed E-state index contributed by atoms with van der Waals surface area (Å²) >= 11 is 0. The van der Waals surface area contributed by atoms with Crippen molar-refractivity contribution in [3.63, 3.8) is 0 Å². The van der Waals surface area contributed by atoms with E-state index in [0.29, 0.717) is 12.4 Å². The van der Waals surface area contributed by atoms with Gasteiger partial charge in [-0.2, -0.15) is 14.6 Å². The van der Waals surface area contributed by atoms with Gasteiger partial charge in [-0.1, -0.05) is 0 Å². The molecule has 0 fully saturated rings. The molecule has 2 aromatic rings. The van der Waals surface area contributed by atoms with Crippen molar-refractivity contribution in [2.24, 2.45) is 0 Å². The average molecular weight is 406 g/mol. The zero-order valence-corrected chi connectivity index (χ0v) is 18.7. The van der Waals surface area contributed by atoms with Crippen molar-refractivity contribution >= 4 is 17.6 Å². The van der Waals surface area contributed by atoms with E-state index in [9.17, 15) is 4.79 Å². The molecule has 0 atom stereocenters. The molecule has 0 aliphatic rings. The van der Waals surface area contributed by atoms with Crippen LogP contribution in [0.25, 0.3) is 5.78 Å². The van der Waals surface area contributed by atoms with Gasteiger partial charge in [-0.05, 0) is 68.0 Å². The Labute approximate surface area is 173 Å². The molecule has 0 saturated heterocycles. The molecule has 0 aliphatic carbocycles. The lowest BCUT2D eigenvalue weighted by atomic mass is 10.1. The van der Waals surface area contributed by atoms with Crippen molar-refractivity contribution in [1.82, 2.24) is 29.4 Å². The first-order valence-electron chi connectivity index (χ1n) is 10.2. The van der Waals surface area contributed by atoms with Gasteiger partial charge in [-0.25, -0.2) is 4.98 Å². The molecule has 0 unspecified atom stereocenters. The third-order valence-corrected chi connectivity index (χ3v) is 4.70. The lowest BCUT2D eigenvalue weighted by molar-refractivity contribution is -0.142. The number of esters is 1. The van der Waals surface area contributed by atoms with Gasteiger partial charge in [-0.15, -0.1) is 0 Å². The molecule has 0 radical (unpaired) electrons. The second-order valence-electron chi connectivity index (χ2n) is 7.75. The van der Waals surface area contributed by atoms with Gasteiger partial charge in [0.05, 0.1) is 13.0 Å². The zero-order chi connectivity index (χ0) is 21.4. The molecule has 0 aliphatic heterocycles. The predicted molar refractivity (Wildman–Crippen MR) is 114 cm³/mol. The Morgan fingerprint density at radius 3 is 2.24 bits per heavy atom. The van der Waals surface area contributed by atoms with E-state index < -0.39 is 0 Å². The van der Waals surface area contributed by atoms with Gasteiger partial charge in [0.2, 0.25) is 0 Å². The van der Waals surface area contributed by atoms with Gasteiger partial charge in [-0.3, -0.25) is 4.79 Å². The van der Waals surface area contributed by atoms with Crippen LogP contribution in [0, 0.1) is 6.92 Å².